The SMILES string of the molecule is O=C(O)[C@@H]1CC(CS)CN1. The second-order valence-corrected chi connectivity index (χ2v) is 2.95. The number of thiol groups is 1. The second kappa shape index (κ2) is 3.25. The smallest absolute Gasteiger partial charge is 0.320 e. The molecule has 0 saturated carbocycles. The Morgan fingerprint density at radius 3 is 2.80 bits per heavy atom. The van der Waals surface area contributed by atoms with E-state index in [2.05, 4.69) is 17.9 Å². The molecule has 0 aromatic carbocycles. The molecule has 0 aromatic heterocycles. The minimum Gasteiger partial charge on any atom is -0.480 e. The average molecular weight is 161 g/mol. The summed E-state index contributed by atoms with van der Waals surface area (Å²) >= 11 is 4.09. The van der Waals surface area contributed by atoms with Crippen molar-refractivity contribution in [3.8, 4) is 0 Å². The number of carboxylic acid groups (broad SMARTS) is 1. The molecule has 1 unspecified atom stereocenters. The van der Waals surface area contributed by atoms with Crippen molar-refractivity contribution in [1.29, 1.82) is 0 Å². The van der Waals surface area contributed by atoms with Crippen molar-refractivity contribution >= 4 is 18.6 Å². The number of hydrogen-bond acceptors (Lipinski definition) is 3. The van der Waals surface area contributed by atoms with Gasteiger partial charge in [-0.25, -0.2) is 0 Å². The number of aliphatic carboxylic acids is 1. The van der Waals surface area contributed by atoms with Crippen LogP contribution >= 0.6 is 12.6 Å². The Bertz CT molecular complexity index is 140. The van der Waals surface area contributed by atoms with Crippen LogP contribution < -0.4 is 5.32 Å². The van der Waals surface area contributed by atoms with Gasteiger partial charge in [-0.15, -0.1) is 0 Å². The number of carbonyl (C=O) groups is 1. The molecule has 2 atom stereocenters. The van der Waals surface area contributed by atoms with Gasteiger partial charge in [0.1, 0.15) is 6.04 Å². The lowest BCUT2D eigenvalue weighted by atomic mass is 10.1. The molecule has 0 radical (unpaired) electrons. The first-order valence-corrected chi connectivity index (χ1v) is 3.94. The highest BCUT2D eigenvalue weighted by atomic mass is 32.1. The summed E-state index contributed by atoms with van der Waals surface area (Å²) in [5.74, 6) is 0.463. The highest BCUT2D eigenvalue weighted by Gasteiger charge is 2.27. The maximum Gasteiger partial charge on any atom is 0.320 e. The summed E-state index contributed by atoms with van der Waals surface area (Å²) in [4.78, 5) is 10.4. The van der Waals surface area contributed by atoms with Gasteiger partial charge in [-0.2, -0.15) is 12.6 Å². The minimum absolute atomic E-state index is 0.336. The van der Waals surface area contributed by atoms with Crippen LogP contribution in [0.15, 0.2) is 0 Å². The molecular weight excluding hydrogens is 150 g/mol. The molecule has 4 heteroatoms. The normalized spacial score (nSPS) is 32.5. The third-order valence-corrected chi connectivity index (χ3v) is 2.29. The molecule has 1 fully saturated rings. The Labute approximate surface area is 65.2 Å². The van der Waals surface area contributed by atoms with Crippen LogP contribution in [0.1, 0.15) is 6.42 Å². The molecule has 1 aliphatic heterocycles. The quantitative estimate of drug-likeness (QED) is 0.499. The van der Waals surface area contributed by atoms with Crippen molar-refractivity contribution < 1.29 is 9.90 Å². The Morgan fingerprint density at radius 1 is 1.80 bits per heavy atom. The van der Waals surface area contributed by atoms with Crippen molar-refractivity contribution in [3.63, 3.8) is 0 Å². The molecule has 3 nitrogen and oxygen atoms in total. The fourth-order valence-electron chi connectivity index (χ4n) is 1.14. The van der Waals surface area contributed by atoms with Crippen LogP contribution in [0, 0.1) is 5.92 Å². The Balaban J connectivity index is 2.35. The zero-order chi connectivity index (χ0) is 7.56. The van der Waals surface area contributed by atoms with E-state index in [4.69, 9.17) is 5.11 Å². The van der Waals surface area contributed by atoms with E-state index in [1.54, 1.807) is 0 Å². The Hall–Kier alpha value is -0.220. The van der Waals surface area contributed by atoms with Gasteiger partial charge in [0, 0.05) is 0 Å². The van der Waals surface area contributed by atoms with Crippen molar-refractivity contribution in [2.45, 2.75) is 12.5 Å². The van der Waals surface area contributed by atoms with E-state index in [0.29, 0.717) is 5.92 Å². The van der Waals surface area contributed by atoms with Crippen LogP contribution in [0.25, 0.3) is 0 Å². The zero-order valence-electron chi connectivity index (χ0n) is 5.58. The van der Waals surface area contributed by atoms with Gasteiger partial charge < -0.3 is 10.4 Å². The van der Waals surface area contributed by atoms with Crippen molar-refractivity contribution in [2.24, 2.45) is 5.92 Å². The third kappa shape index (κ3) is 1.64. The lowest BCUT2D eigenvalue weighted by Gasteiger charge is -2.01. The first kappa shape index (κ1) is 7.88. The molecule has 1 aliphatic rings. The van der Waals surface area contributed by atoms with Crippen molar-refractivity contribution in [1.82, 2.24) is 5.32 Å². The fourth-order valence-corrected chi connectivity index (χ4v) is 1.41. The number of rotatable bonds is 2. The summed E-state index contributed by atoms with van der Waals surface area (Å²) in [6.07, 6.45) is 0.721. The summed E-state index contributed by atoms with van der Waals surface area (Å²) in [6, 6.07) is -0.336. The molecule has 10 heavy (non-hydrogen) atoms. The summed E-state index contributed by atoms with van der Waals surface area (Å²) < 4.78 is 0. The van der Waals surface area contributed by atoms with Crippen LogP contribution in [0.5, 0.6) is 0 Å². The molecule has 0 amide bonds. The van der Waals surface area contributed by atoms with Gasteiger partial charge >= 0.3 is 5.97 Å². The molecule has 0 aromatic rings. The standard InChI is InChI=1S/C6H11NO2S/c8-6(9)5-1-4(3-10)2-7-5/h4-5,7,10H,1-3H2,(H,8,9)/t4?,5-/m0/s1. The van der Waals surface area contributed by atoms with Crippen LogP contribution in [0.3, 0.4) is 0 Å². The summed E-state index contributed by atoms with van der Waals surface area (Å²) in [7, 11) is 0. The minimum atomic E-state index is -0.746. The number of nitrogens with one attached hydrogen (secondary N) is 1. The highest BCUT2D eigenvalue weighted by molar-refractivity contribution is 7.80. The zero-order valence-corrected chi connectivity index (χ0v) is 6.47. The van der Waals surface area contributed by atoms with Crippen molar-refractivity contribution in [2.75, 3.05) is 12.3 Å². The van der Waals surface area contributed by atoms with Crippen LogP contribution in [0.2, 0.25) is 0 Å². The predicted molar refractivity (Wildman–Crippen MR) is 41.4 cm³/mol. The van der Waals surface area contributed by atoms with Gasteiger partial charge in [0.2, 0.25) is 0 Å². The number of carboxylic acids is 1. The van der Waals surface area contributed by atoms with E-state index in [9.17, 15) is 4.79 Å². The van der Waals surface area contributed by atoms with Crippen LogP contribution in [-0.2, 0) is 4.79 Å². The fraction of sp³-hybridized carbons (Fsp3) is 0.833. The molecule has 0 spiro atoms. The largest absolute Gasteiger partial charge is 0.480 e. The van der Waals surface area contributed by atoms with Crippen LogP contribution in [-0.4, -0.2) is 29.4 Å². The van der Waals surface area contributed by atoms with Crippen LogP contribution in [0.4, 0.5) is 0 Å². The summed E-state index contributed by atoms with van der Waals surface area (Å²) in [5.41, 5.74) is 0. The molecule has 1 rings (SSSR count). The van der Waals surface area contributed by atoms with E-state index < -0.39 is 5.97 Å². The predicted octanol–water partition coefficient (Wildman–Crippen LogP) is -0.0211. The average Bonchev–Trinajstić information content (AvgIpc) is 2.34. The van der Waals surface area contributed by atoms with E-state index >= 15 is 0 Å². The first-order valence-electron chi connectivity index (χ1n) is 3.31. The van der Waals surface area contributed by atoms with Gasteiger partial charge in [-0.05, 0) is 24.6 Å². The number of hydrogen-bond donors (Lipinski definition) is 3. The summed E-state index contributed by atoms with van der Waals surface area (Å²) in [5, 5.41) is 11.4. The van der Waals surface area contributed by atoms with E-state index in [1.807, 2.05) is 0 Å². The second-order valence-electron chi connectivity index (χ2n) is 2.58. The first-order chi connectivity index (χ1) is 4.74. The van der Waals surface area contributed by atoms with Gasteiger partial charge in [0.25, 0.3) is 0 Å². The lowest BCUT2D eigenvalue weighted by Crippen LogP contribution is -2.29. The lowest BCUT2D eigenvalue weighted by molar-refractivity contribution is -0.139. The third-order valence-electron chi connectivity index (χ3n) is 1.78. The molecular formula is C6H11NO2S. The van der Waals surface area contributed by atoms with Gasteiger partial charge in [-0.3, -0.25) is 4.79 Å². The summed E-state index contributed by atoms with van der Waals surface area (Å²) in [6.45, 7) is 0.792. The van der Waals surface area contributed by atoms with Gasteiger partial charge in [-0.1, -0.05) is 0 Å². The van der Waals surface area contributed by atoms with E-state index in [1.165, 1.54) is 0 Å². The Morgan fingerprint density at radius 2 is 2.50 bits per heavy atom. The molecule has 0 aliphatic carbocycles. The maximum atomic E-state index is 10.4. The molecule has 58 valence electrons. The van der Waals surface area contributed by atoms with E-state index in [-0.39, 0.29) is 6.04 Å². The van der Waals surface area contributed by atoms with Crippen molar-refractivity contribution in [3.05, 3.63) is 0 Å². The maximum absolute atomic E-state index is 10.4. The van der Waals surface area contributed by atoms with Gasteiger partial charge in [0.05, 0.1) is 0 Å². The van der Waals surface area contributed by atoms with Gasteiger partial charge in [0.15, 0.2) is 0 Å². The highest BCUT2D eigenvalue weighted by Crippen LogP contribution is 2.14. The van der Waals surface area contributed by atoms with E-state index in [0.717, 1.165) is 18.7 Å². The Kier molecular flexibility index (Phi) is 2.56. The molecule has 0 bridgehead atoms. The molecule has 1 saturated heterocycles. The molecule has 1 heterocycles. The topological polar surface area (TPSA) is 49.3 Å². The monoisotopic (exact) mass is 161 g/mol. The molecule has 2 N–H and O–H groups in total.